The van der Waals surface area contributed by atoms with Crippen LogP contribution in [0.1, 0.15) is 18.4 Å². The molecular formula is C13H18F3N3O2S. The molecule has 0 aromatic carbocycles. The summed E-state index contributed by atoms with van der Waals surface area (Å²) in [5.74, 6) is 0.602. The number of nitrogens with zero attached hydrogens (tertiary/aromatic N) is 2. The summed E-state index contributed by atoms with van der Waals surface area (Å²) < 4.78 is 62.2. The van der Waals surface area contributed by atoms with Crippen LogP contribution in [0.2, 0.25) is 0 Å². The molecule has 9 heteroatoms. The Morgan fingerprint density at radius 3 is 2.68 bits per heavy atom. The van der Waals surface area contributed by atoms with Crippen molar-refractivity contribution in [3.63, 3.8) is 0 Å². The quantitative estimate of drug-likeness (QED) is 0.911. The Hall–Kier alpha value is -1.35. The summed E-state index contributed by atoms with van der Waals surface area (Å²) in [5.41, 5.74) is -0.774. The fourth-order valence-corrected chi connectivity index (χ4v) is 2.99. The van der Waals surface area contributed by atoms with Crippen molar-refractivity contribution in [1.82, 2.24) is 9.71 Å². The van der Waals surface area contributed by atoms with Gasteiger partial charge < -0.3 is 4.90 Å². The molecule has 1 aliphatic rings. The van der Waals surface area contributed by atoms with E-state index in [1.165, 1.54) is 6.07 Å². The molecule has 1 fully saturated rings. The minimum absolute atomic E-state index is 0.118. The van der Waals surface area contributed by atoms with Crippen LogP contribution in [-0.4, -0.2) is 39.3 Å². The third-order valence-electron chi connectivity index (χ3n) is 3.55. The van der Waals surface area contributed by atoms with Crippen LogP contribution in [0.25, 0.3) is 0 Å². The molecule has 0 spiro atoms. The Kier molecular flexibility index (Phi) is 4.96. The molecule has 124 valence electrons. The van der Waals surface area contributed by atoms with Crippen LogP contribution in [-0.2, 0) is 16.2 Å². The van der Waals surface area contributed by atoms with Gasteiger partial charge in [0, 0.05) is 25.8 Å². The van der Waals surface area contributed by atoms with E-state index in [4.69, 9.17) is 0 Å². The first kappa shape index (κ1) is 17.0. The minimum atomic E-state index is -4.39. The maximum Gasteiger partial charge on any atom is 0.417 e. The van der Waals surface area contributed by atoms with E-state index >= 15 is 0 Å². The zero-order valence-corrected chi connectivity index (χ0v) is 12.9. The molecular weight excluding hydrogens is 319 g/mol. The lowest BCUT2D eigenvalue weighted by Gasteiger charge is -2.33. The molecule has 1 saturated heterocycles. The van der Waals surface area contributed by atoms with Crippen molar-refractivity contribution in [1.29, 1.82) is 0 Å². The summed E-state index contributed by atoms with van der Waals surface area (Å²) in [6.07, 6.45) is -0.744. The second-order valence-corrected chi connectivity index (χ2v) is 7.31. The fourth-order valence-electron chi connectivity index (χ4n) is 2.45. The molecule has 1 aromatic heterocycles. The molecule has 1 atom stereocenters. The van der Waals surface area contributed by atoms with Gasteiger partial charge in [0.05, 0.1) is 11.8 Å². The zero-order chi connectivity index (χ0) is 16.4. The van der Waals surface area contributed by atoms with Crippen LogP contribution >= 0.6 is 0 Å². The summed E-state index contributed by atoms with van der Waals surface area (Å²) >= 11 is 0. The number of halogens is 3. The number of hydrogen-bond acceptors (Lipinski definition) is 4. The second-order valence-electron chi connectivity index (χ2n) is 5.48. The lowest BCUT2D eigenvalue weighted by molar-refractivity contribution is -0.137. The predicted octanol–water partition coefficient (Wildman–Crippen LogP) is 1.87. The van der Waals surface area contributed by atoms with E-state index in [0.29, 0.717) is 25.5 Å². The van der Waals surface area contributed by atoms with Crippen molar-refractivity contribution < 1.29 is 21.6 Å². The first-order chi connectivity index (χ1) is 10.1. The molecule has 0 bridgehead atoms. The van der Waals surface area contributed by atoms with Crippen molar-refractivity contribution in [2.75, 3.05) is 30.8 Å². The minimum Gasteiger partial charge on any atom is -0.356 e. The average molecular weight is 337 g/mol. The molecule has 2 heterocycles. The molecule has 0 unspecified atom stereocenters. The Balaban J connectivity index is 2.00. The number of pyridine rings is 1. The van der Waals surface area contributed by atoms with Gasteiger partial charge in [-0.2, -0.15) is 13.2 Å². The van der Waals surface area contributed by atoms with Crippen LogP contribution in [0.5, 0.6) is 0 Å². The van der Waals surface area contributed by atoms with Crippen molar-refractivity contribution in [2.45, 2.75) is 19.0 Å². The van der Waals surface area contributed by atoms with Gasteiger partial charge in [0.2, 0.25) is 10.0 Å². The number of aromatic nitrogens is 1. The van der Waals surface area contributed by atoms with Crippen LogP contribution in [0.15, 0.2) is 18.3 Å². The standard InChI is InChI=1S/C13H18F3N3O2S/c1-22(20,21)18-7-10-3-2-6-19(9-10)12-5-4-11(8-17-12)13(14,15)16/h4-5,8,10,18H,2-3,6-7,9H2,1H3/t10-/m0/s1. The first-order valence-electron chi connectivity index (χ1n) is 6.88. The molecule has 5 nitrogen and oxygen atoms in total. The number of rotatable bonds is 4. The van der Waals surface area contributed by atoms with Gasteiger partial charge >= 0.3 is 6.18 Å². The van der Waals surface area contributed by atoms with Gasteiger partial charge in [-0.3, -0.25) is 0 Å². The van der Waals surface area contributed by atoms with Crippen LogP contribution in [0, 0.1) is 5.92 Å². The Morgan fingerprint density at radius 1 is 1.41 bits per heavy atom. The maximum absolute atomic E-state index is 12.5. The second kappa shape index (κ2) is 6.41. The predicted molar refractivity (Wildman–Crippen MR) is 77.0 cm³/mol. The highest BCUT2D eigenvalue weighted by atomic mass is 32.2. The van der Waals surface area contributed by atoms with E-state index in [-0.39, 0.29) is 5.92 Å². The van der Waals surface area contributed by atoms with Crippen molar-refractivity contribution in [3.05, 3.63) is 23.9 Å². The number of hydrogen-bond donors (Lipinski definition) is 1. The number of nitrogens with one attached hydrogen (secondary N) is 1. The van der Waals surface area contributed by atoms with E-state index < -0.39 is 21.8 Å². The van der Waals surface area contributed by atoms with Crippen molar-refractivity contribution in [2.24, 2.45) is 5.92 Å². The summed E-state index contributed by atoms with van der Waals surface area (Å²) in [5, 5.41) is 0. The van der Waals surface area contributed by atoms with Crippen molar-refractivity contribution in [3.8, 4) is 0 Å². The molecule has 2 rings (SSSR count). The molecule has 0 amide bonds. The van der Waals surface area contributed by atoms with Crippen LogP contribution in [0.3, 0.4) is 0 Å². The van der Waals surface area contributed by atoms with Gasteiger partial charge in [-0.05, 0) is 30.9 Å². The third-order valence-corrected chi connectivity index (χ3v) is 4.24. The van der Waals surface area contributed by atoms with Crippen molar-refractivity contribution >= 4 is 15.8 Å². The molecule has 1 N–H and O–H groups in total. The number of anilines is 1. The highest BCUT2D eigenvalue weighted by molar-refractivity contribution is 7.88. The van der Waals surface area contributed by atoms with Gasteiger partial charge in [0.25, 0.3) is 0 Å². The van der Waals surface area contributed by atoms with Gasteiger partial charge in [0.1, 0.15) is 5.82 Å². The van der Waals surface area contributed by atoms with E-state index in [2.05, 4.69) is 9.71 Å². The number of alkyl halides is 3. The molecule has 0 saturated carbocycles. The molecule has 0 aliphatic carbocycles. The molecule has 22 heavy (non-hydrogen) atoms. The normalized spacial score (nSPS) is 20.2. The maximum atomic E-state index is 12.5. The lowest BCUT2D eigenvalue weighted by Crippen LogP contribution is -2.41. The van der Waals surface area contributed by atoms with Gasteiger partial charge in [-0.15, -0.1) is 0 Å². The smallest absolute Gasteiger partial charge is 0.356 e. The van der Waals surface area contributed by atoms with Gasteiger partial charge in [-0.25, -0.2) is 18.1 Å². The molecule has 1 aliphatic heterocycles. The van der Waals surface area contributed by atoms with E-state index in [9.17, 15) is 21.6 Å². The van der Waals surface area contributed by atoms with Gasteiger partial charge in [-0.1, -0.05) is 0 Å². The van der Waals surface area contributed by atoms with E-state index in [1.54, 1.807) is 0 Å². The lowest BCUT2D eigenvalue weighted by atomic mass is 9.98. The molecule has 1 aromatic rings. The third kappa shape index (κ3) is 4.84. The highest BCUT2D eigenvalue weighted by Gasteiger charge is 2.31. The Bertz CT molecular complexity index is 602. The van der Waals surface area contributed by atoms with Crippen LogP contribution < -0.4 is 9.62 Å². The largest absolute Gasteiger partial charge is 0.417 e. The fraction of sp³-hybridized carbons (Fsp3) is 0.615. The summed E-state index contributed by atoms with van der Waals surface area (Å²) in [7, 11) is -3.24. The molecule has 0 radical (unpaired) electrons. The monoisotopic (exact) mass is 337 g/mol. The Morgan fingerprint density at radius 2 is 2.14 bits per heavy atom. The average Bonchev–Trinajstić information content (AvgIpc) is 2.44. The Labute approximate surface area is 127 Å². The van der Waals surface area contributed by atoms with E-state index in [0.717, 1.165) is 31.4 Å². The summed E-state index contributed by atoms with van der Waals surface area (Å²) in [6, 6.07) is 2.37. The first-order valence-corrected chi connectivity index (χ1v) is 8.77. The topological polar surface area (TPSA) is 62.3 Å². The number of piperidine rings is 1. The van der Waals surface area contributed by atoms with Crippen LogP contribution in [0.4, 0.5) is 19.0 Å². The summed E-state index contributed by atoms with van der Waals surface area (Å²) in [6.45, 7) is 1.60. The summed E-state index contributed by atoms with van der Waals surface area (Å²) in [4.78, 5) is 5.77. The SMILES string of the molecule is CS(=O)(=O)NC[C@@H]1CCCN(c2ccc(C(F)(F)F)cn2)C1. The number of sulfonamides is 1. The van der Waals surface area contributed by atoms with E-state index in [1.807, 2.05) is 4.90 Å². The van der Waals surface area contributed by atoms with Gasteiger partial charge in [0.15, 0.2) is 0 Å². The zero-order valence-electron chi connectivity index (χ0n) is 12.1. The highest BCUT2D eigenvalue weighted by Crippen LogP contribution is 2.30.